The fourth-order valence-corrected chi connectivity index (χ4v) is 4.69. The molecule has 132 valence electrons. The summed E-state index contributed by atoms with van der Waals surface area (Å²) in [6, 6.07) is 10.2. The molecule has 5 heteroatoms. The Morgan fingerprint density at radius 3 is 2.76 bits per heavy atom. The van der Waals surface area contributed by atoms with Crippen LogP contribution in [-0.4, -0.2) is 32.2 Å². The van der Waals surface area contributed by atoms with Gasteiger partial charge in [0, 0.05) is 29.3 Å². The number of carbonyl (C=O) groups excluding carboxylic acids is 1. The molecular formula is C20H24N2O2S. The van der Waals surface area contributed by atoms with Gasteiger partial charge in [-0.25, -0.2) is 0 Å². The van der Waals surface area contributed by atoms with E-state index in [-0.39, 0.29) is 5.91 Å². The van der Waals surface area contributed by atoms with Gasteiger partial charge < -0.3 is 15.0 Å². The number of rotatable bonds is 3. The quantitative estimate of drug-likeness (QED) is 0.905. The zero-order valence-corrected chi connectivity index (χ0v) is 15.4. The van der Waals surface area contributed by atoms with Crippen LogP contribution in [-0.2, 0) is 17.6 Å². The van der Waals surface area contributed by atoms with Crippen molar-refractivity contribution >= 4 is 28.6 Å². The van der Waals surface area contributed by atoms with E-state index in [0.717, 1.165) is 55.6 Å². The van der Waals surface area contributed by atoms with Crippen LogP contribution in [0.15, 0.2) is 30.3 Å². The van der Waals surface area contributed by atoms with Crippen LogP contribution in [0.3, 0.4) is 0 Å². The minimum absolute atomic E-state index is 0.00572. The van der Waals surface area contributed by atoms with Crippen LogP contribution in [0.4, 0.5) is 11.4 Å². The monoisotopic (exact) mass is 356 g/mol. The van der Waals surface area contributed by atoms with E-state index in [1.165, 1.54) is 22.5 Å². The number of hydrogen-bond acceptors (Lipinski definition) is 4. The van der Waals surface area contributed by atoms with Gasteiger partial charge in [-0.05, 0) is 61.1 Å². The highest BCUT2D eigenvalue weighted by molar-refractivity contribution is 7.14. The molecule has 0 bridgehead atoms. The first-order valence-corrected chi connectivity index (χ1v) is 9.86. The molecular weight excluding hydrogens is 332 g/mol. The van der Waals surface area contributed by atoms with E-state index in [1.807, 2.05) is 12.1 Å². The van der Waals surface area contributed by atoms with Crippen molar-refractivity contribution in [1.29, 1.82) is 0 Å². The molecule has 1 aromatic carbocycles. The zero-order valence-electron chi connectivity index (χ0n) is 14.6. The average Bonchev–Trinajstić information content (AvgIpc) is 3.06. The number of benzene rings is 1. The summed E-state index contributed by atoms with van der Waals surface area (Å²) in [5.74, 6) is 0.733. The highest BCUT2D eigenvalue weighted by Crippen LogP contribution is 2.32. The maximum Gasteiger partial charge on any atom is 0.265 e. The number of thiophene rings is 1. The molecule has 0 spiro atoms. The molecule has 1 saturated heterocycles. The van der Waals surface area contributed by atoms with Crippen LogP contribution < -0.4 is 10.2 Å². The number of aryl methyl sites for hydroxylation is 1. The van der Waals surface area contributed by atoms with E-state index in [2.05, 4.69) is 35.3 Å². The van der Waals surface area contributed by atoms with Crippen molar-refractivity contribution in [2.75, 3.05) is 36.5 Å². The maximum absolute atomic E-state index is 12.6. The number of nitrogens with one attached hydrogen (secondary N) is 1. The van der Waals surface area contributed by atoms with Crippen LogP contribution in [0.5, 0.6) is 0 Å². The number of amides is 1. The summed E-state index contributed by atoms with van der Waals surface area (Å²) in [5, 5.41) is 3.04. The minimum Gasteiger partial charge on any atom is -0.378 e. The Balaban J connectivity index is 1.42. The Morgan fingerprint density at radius 1 is 1.24 bits per heavy atom. The summed E-state index contributed by atoms with van der Waals surface area (Å²) in [4.78, 5) is 17.1. The molecule has 25 heavy (non-hydrogen) atoms. The predicted molar refractivity (Wildman–Crippen MR) is 103 cm³/mol. The SMILES string of the molecule is C[C@H]1CCc2sc(C(=O)Nc3ccc(N4CCOCC4)cc3)cc2C1. The molecule has 0 unspecified atom stereocenters. The van der Waals surface area contributed by atoms with E-state index < -0.39 is 0 Å². The first-order valence-electron chi connectivity index (χ1n) is 9.05. The van der Waals surface area contributed by atoms with Gasteiger partial charge in [-0.2, -0.15) is 0 Å². The number of ether oxygens (including phenoxy) is 1. The Labute approximate surface area is 152 Å². The summed E-state index contributed by atoms with van der Waals surface area (Å²) < 4.78 is 5.39. The number of anilines is 2. The molecule has 1 atom stereocenters. The molecule has 1 N–H and O–H groups in total. The first-order chi connectivity index (χ1) is 12.2. The second-order valence-corrected chi connectivity index (χ2v) is 8.14. The lowest BCUT2D eigenvalue weighted by atomic mass is 9.90. The van der Waals surface area contributed by atoms with Crippen molar-refractivity contribution in [3.8, 4) is 0 Å². The normalized spacial score (nSPS) is 20.2. The minimum atomic E-state index is 0.00572. The number of carbonyl (C=O) groups is 1. The van der Waals surface area contributed by atoms with Crippen molar-refractivity contribution in [3.63, 3.8) is 0 Å². The van der Waals surface area contributed by atoms with Crippen LogP contribution in [0, 0.1) is 5.92 Å². The third kappa shape index (κ3) is 3.72. The number of fused-ring (bicyclic) bond motifs is 1. The molecule has 4 rings (SSSR count). The second-order valence-electron chi connectivity index (χ2n) is 7.01. The number of nitrogens with zero attached hydrogens (tertiary/aromatic N) is 1. The van der Waals surface area contributed by atoms with Crippen LogP contribution in [0.1, 0.15) is 33.5 Å². The summed E-state index contributed by atoms with van der Waals surface area (Å²) in [7, 11) is 0. The van der Waals surface area contributed by atoms with E-state index in [0.29, 0.717) is 0 Å². The summed E-state index contributed by atoms with van der Waals surface area (Å²) in [6.07, 6.45) is 3.45. The lowest BCUT2D eigenvalue weighted by molar-refractivity contribution is 0.103. The van der Waals surface area contributed by atoms with Gasteiger partial charge in [0.05, 0.1) is 18.1 Å². The Kier molecular flexibility index (Phi) is 4.77. The lowest BCUT2D eigenvalue weighted by Crippen LogP contribution is -2.36. The van der Waals surface area contributed by atoms with Crippen molar-refractivity contribution in [2.24, 2.45) is 5.92 Å². The number of hydrogen-bond donors (Lipinski definition) is 1. The lowest BCUT2D eigenvalue weighted by Gasteiger charge is -2.28. The third-order valence-corrected chi connectivity index (χ3v) is 6.29. The van der Waals surface area contributed by atoms with Gasteiger partial charge in [-0.15, -0.1) is 11.3 Å². The fourth-order valence-electron chi connectivity index (χ4n) is 3.59. The summed E-state index contributed by atoms with van der Waals surface area (Å²) in [6.45, 7) is 5.69. The van der Waals surface area contributed by atoms with Crippen molar-refractivity contribution in [2.45, 2.75) is 26.2 Å². The van der Waals surface area contributed by atoms with Crippen LogP contribution >= 0.6 is 11.3 Å². The standard InChI is InChI=1S/C20H24N2O2S/c1-14-2-7-18-15(12-14)13-19(25-18)20(23)21-16-3-5-17(6-4-16)22-8-10-24-11-9-22/h3-6,13-14H,2,7-12H2,1H3,(H,21,23)/t14-/m0/s1. The highest BCUT2D eigenvalue weighted by atomic mass is 32.1. The zero-order chi connectivity index (χ0) is 17.2. The fraction of sp³-hybridized carbons (Fsp3) is 0.450. The van der Waals surface area contributed by atoms with Gasteiger partial charge in [-0.3, -0.25) is 4.79 Å². The molecule has 0 saturated carbocycles. The number of morpholine rings is 1. The van der Waals surface area contributed by atoms with Crippen molar-refractivity contribution in [3.05, 3.63) is 45.6 Å². The smallest absolute Gasteiger partial charge is 0.265 e. The summed E-state index contributed by atoms with van der Waals surface area (Å²) in [5.41, 5.74) is 3.40. The molecule has 2 heterocycles. The third-order valence-electron chi connectivity index (χ3n) is 5.05. The molecule has 1 amide bonds. The molecule has 2 aliphatic rings. The van der Waals surface area contributed by atoms with Gasteiger partial charge in [0.15, 0.2) is 0 Å². The van der Waals surface area contributed by atoms with Crippen LogP contribution in [0.2, 0.25) is 0 Å². The van der Waals surface area contributed by atoms with E-state index in [4.69, 9.17) is 4.74 Å². The van der Waals surface area contributed by atoms with Gasteiger partial charge in [0.25, 0.3) is 5.91 Å². The summed E-state index contributed by atoms with van der Waals surface area (Å²) >= 11 is 1.66. The molecule has 2 aromatic rings. The van der Waals surface area contributed by atoms with E-state index >= 15 is 0 Å². The predicted octanol–water partition coefficient (Wildman–Crippen LogP) is 3.96. The second kappa shape index (κ2) is 7.18. The maximum atomic E-state index is 12.6. The van der Waals surface area contributed by atoms with E-state index in [1.54, 1.807) is 11.3 Å². The Morgan fingerprint density at radius 2 is 2.00 bits per heavy atom. The average molecular weight is 356 g/mol. The molecule has 1 aliphatic heterocycles. The van der Waals surface area contributed by atoms with Gasteiger partial charge in [0.1, 0.15) is 0 Å². The largest absolute Gasteiger partial charge is 0.378 e. The van der Waals surface area contributed by atoms with E-state index in [9.17, 15) is 4.79 Å². The first kappa shape index (κ1) is 16.6. The Bertz CT molecular complexity index is 748. The molecule has 4 nitrogen and oxygen atoms in total. The Hall–Kier alpha value is -1.85. The molecule has 1 aliphatic carbocycles. The molecule has 1 fully saturated rings. The van der Waals surface area contributed by atoms with Gasteiger partial charge in [-0.1, -0.05) is 6.92 Å². The topological polar surface area (TPSA) is 41.6 Å². The van der Waals surface area contributed by atoms with Gasteiger partial charge in [0.2, 0.25) is 0 Å². The van der Waals surface area contributed by atoms with Crippen molar-refractivity contribution in [1.82, 2.24) is 0 Å². The molecule has 0 radical (unpaired) electrons. The van der Waals surface area contributed by atoms with Gasteiger partial charge >= 0.3 is 0 Å². The van der Waals surface area contributed by atoms with Crippen LogP contribution in [0.25, 0.3) is 0 Å². The van der Waals surface area contributed by atoms with Crippen molar-refractivity contribution < 1.29 is 9.53 Å². The molecule has 1 aromatic heterocycles. The highest BCUT2D eigenvalue weighted by Gasteiger charge is 2.20.